The number of fused-ring (bicyclic) bond motifs is 2. The van der Waals surface area contributed by atoms with Gasteiger partial charge in [-0.3, -0.25) is 9.59 Å². The number of carbonyl (C=O) groups is 2. The SMILES string of the molecule is CN(C)Cc1ccc(NC(=C2C(=O)Nc3ccc(C(=O)N(C)c4cccc5ccccc45)cc32)c2ccccc2)cc1. The highest BCUT2D eigenvalue weighted by molar-refractivity contribution is 6.37. The van der Waals surface area contributed by atoms with E-state index >= 15 is 0 Å². The maximum Gasteiger partial charge on any atom is 0.258 e. The van der Waals surface area contributed by atoms with E-state index in [1.54, 1.807) is 18.0 Å². The van der Waals surface area contributed by atoms with Crippen molar-refractivity contribution in [1.82, 2.24) is 4.90 Å². The van der Waals surface area contributed by atoms with E-state index in [0.29, 0.717) is 28.1 Å². The Bertz CT molecular complexity index is 1820. The molecule has 5 aromatic carbocycles. The number of rotatable bonds is 7. The zero-order valence-electron chi connectivity index (χ0n) is 23.9. The maximum absolute atomic E-state index is 13.8. The van der Waals surface area contributed by atoms with E-state index in [1.165, 1.54) is 5.56 Å². The van der Waals surface area contributed by atoms with Crippen LogP contribution >= 0.6 is 0 Å². The van der Waals surface area contributed by atoms with Gasteiger partial charge in [0.25, 0.3) is 11.8 Å². The van der Waals surface area contributed by atoms with Gasteiger partial charge >= 0.3 is 0 Å². The molecular formula is C36H32N4O2. The molecule has 0 atom stereocenters. The summed E-state index contributed by atoms with van der Waals surface area (Å²) in [5.74, 6) is -0.369. The number of amides is 2. The smallest absolute Gasteiger partial charge is 0.258 e. The van der Waals surface area contributed by atoms with Gasteiger partial charge in [0.15, 0.2) is 0 Å². The molecule has 0 aromatic heterocycles. The molecule has 6 heteroatoms. The van der Waals surface area contributed by atoms with Crippen molar-refractivity contribution in [2.75, 3.05) is 36.7 Å². The van der Waals surface area contributed by atoms with Crippen LogP contribution in [-0.2, 0) is 11.3 Å². The summed E-state index contributed by atoms with van der Waals surface area (Å²) in [5, 5.41) is 8.58. The standard InChI is InChI=1S/C36H32N4O2/c1-39(2)23-24-16-19-28(20-17-24)37-34(26-11-5-4-6-12-26)33-30-22-27(18-21-31(30)38-35(33)41)36(42)40(3)32-15-9-13-25-10-7-8-14-29(25)32/h4-22,37H,23H2,1-3H3,(H,38,41). The van der Waals surface area contributed by atoms with E-state index in [-0.39, 0.29) is 11.8 Å². The van der Waals surface area contributed by atoms with E-state index in [4.69, 9.17) is 0 Å². The summed E-state index contributed by atoms with van der Waals surface area (Å²) in [6.07, 6.45) is 0. The second-order valence-electron chi connectivity index (χ2n) is 10.8. The molecule has 42 heavy (non-hydrogen) atoms. The zero-order valence-corrected chi connectivity index (χ0v) is 23.9. The summed E-state index contributed by atoms with van der Waals surface area (Å²) in [6, 6.07) is 37.4. The van der Waals surface area contributed by atoms with Crippen LogP contribution in [0.15, 0.2) is 115 Å². The fraction of sp³-hybridized carbons (Fsp3) is 0.111. The van der Waals surface area contributed by atoms with Gasteiger partial charge < -0.3 is 20.4 Å². The van der Waals surface area contributed by atoms with Gasteiger partial charge in [-0.15, -0.1) is 0 Å². The minimum Gasteiger partial charge on any atom is -0.354 e. The van der Waals surface area contributed by atoms with E-state index in [2.05, 4.69) is 27.7 Å². The molecule has 1 aliphatic heterocycles. The predicted molar refractivity (Wildman–Crippen MR) is 172 cm³/mol. The summed E-state index contributed by atoms with van der Waals surface area (Å²) in [5.41, 5.74) is 6.80. The summed E-state index contributed by atoms with van der Waals surface area (Å²) < 4.78 is 0. The first-order chi connectivity index (χ1) is 20.4. The molecule has 2 N–H and O–H groups in total. The van der Waals surface area contributed by atoms with Crippen molar-refractivity contribution in [3.63, 3.8) is 0 Å². The Kier molecular flexibility index (Phi) is 7.30. The van der Waals surface area contributed by atoms with Gasteiger partial charge in [-0.25, -0.2) is 0 Å². The third kappa shape index (κ3) is 5.28. The van der Waals surface area contributed by atoms with Crippen LogP contribution in [0, 0.1) is 0 Å². The lowest BCUT2D eigenvalue weighted by molar-refractivity contribution is -0.110. The lowest BCUT2D eigenvalue weighted by atomic mass is 9.98. The van der Waals surface area contributed by atoms with Crippen LogP contribution in [0.1, 0.15) is 27.0 Å². The van der Waals surface area contributed by atoms with Gasteiger partial charge in [-0.2, -0.15) is 0 Å². The Morgan fingerprint density at radius 2 is 1.48 bits per heavy atom. The molecule has 0 aliphatic carbocycles. The Hall–Kier alpha value is -5.20. The summed E-state index contributed by atoms with van der Waals surface area (Å²) >= 11 is 0. The predicted octanol–water partition coefficient (Wildman–Crippen LogP) is 7.11. The second kappa shape index (κ2) is 11.4. The molecule has 0 saturated heterocycles. The Morgan fingerprint density at radius 1 is 0.762 bits per heavy atom. The third-order valence-corrected chi connectivity index (χ3v) is 7.48. The molecular weight excluding hydrogens is 520 g/mol. The highest BCUT2D eigenvalue weighted by Gasteiger charge is 2.30. The van der Waals surface area contributed by atoms with E-state index < -0.39 is 0 Å². The molecule has 5 aromatic rings. The van der Waals surface area contributed by atoms with Gasteiger partial charge in [-0.05, 0) is 67.0 Å². The van der Waals surface area contributed by atoms with Crippen molar-refractivity contribution in [3.05, 3.63) is 138 Å². The maximum atomic E-state index is 13.8. The van der Waals surface area contributed by atoms with Crippen LogP contribution in [-0.4, -0.2) is 37.9 Å². The van der Waals surface area contributed by atoms with Crippen molar-refractivity contribution in [3.8, 4) is 0 Å². The molecule has 6 rings (SSSR count). The molecule has 0 saturated carbocycles. The van der Waals surface area contributed by atoms with Gasteiger partial charge in [-0.1, -0.05) is 78.9 Å². The van der Waals surface area contributed by atoms with Crippen molar-refractivity contribution in [2.24, 2.45) is 0 Å². The van der Waals surface area contributed by atoms with Crippen LogP contribution in [0.25, 0.3) is 22.0 Å². The lowest BCUT2D eigenvalue weighted by Gasteiger charge is -2.20. The van der Waals surface area contributed by atoms with Crippen LogP contribution in [0.2, 0.25) is 0 Å². The third-order valence-electron chi connectivity index (χ3n) is 7.48. The molecule has 6 nitrogen and oxygen atoms in total. The minimum atomic E-state index is -0.215. The molecule has 208 valence electrons. The summed E-state index contributed by atoms with van der Waals surface area (Å²) in [7, 11) is 5.87. The normalized spacial score (nSPS) is 13.6. The number of hydrogen-bond donors (Lipinski definition) is 2. The van der Waals surface area contributed by atoms with Crippen LogP contribution < -0.4 is 15.5 Å². The Balaban J connectivity index is 1.41. The first-order valence-electron chi connectivity index (χ1n) is 13.9. The molecule has 0 fully saturated rings. The average molecular weight is 553 g/mol. The topological polar surface area (TPSA) is 64.7 Å². The Morgan fingerprint density at radius 3 is 2.24 bits per heavy atom. The van der Waals surface area contributed by atoms with E-state index in [9.17, 15) is 9.59 Å². The van der Waals surface area contributed by atoms with Crippen molar-refractivity contribution in [2.45, 2.75) is 6.54 Å². The average Bonchev–Trinajstić information content (AvgIpc) is 3.34. The fourth-order valence-electron chi connectivity index (χ4n) is 5.44. The lowest BCUT2D eigenvalue weighted by Crippen LogP contribution is -2.26. The van der Waals surface area contributed by atoms with Crippen molar-refractivity contribution in [1.29, 1.82) is 0 Å². The monoisotopic (exact) mass is 552 g/mol. The molecule has 0 bridgehead atoms. The molecule has 2 amide bonds. The molecule has 0 spiro atoms. The first kappa shape index (κ1) is 27.0. The summed E-state index contributed by atoms with van der Waals surface area (Å²) in [6.45, 7) is 0.840. The van der Waals surface area contributed by atoms with E-state index in [0.717, 1.165) is 34.3 Å². The quantitative estimate of drug-likeness (QED) is 0.211. The number of nitrogens with one attached hydrogen (secondary N) is 2. The number of anilines is 3. The number of carbonyl (C=O) groups excluding carboxylic acids is 2. The molecule has 0 unspecified atom stereocenters. The molecule has 1 heterocycles. The highest BCUT2D eigenvalue weighted by atomic mass is 16.2. The number of nitrogens with zero attached hydrogens (tertiary/aromatic N) is 2. The first-order valence-corrected chi connectivity index (χ1v) is 13.9. The van der Waals surface area contributed by atoms with Crippen LogP contribution in [0.4, 0.5) is 17.1 Å². The van der Waals surface area contributed by atoms with E-state index in [1.807, 2.05) is 111 Å². The fourth-order valence-corrected chi connectivity index (χ4v) is 5.44. The van der Waals surface area contributed by atoms with Gasteiger partial charge in [0, 0.05) is 41.5 Å². The summed E-state index contributed by atoms with van der Waals surface area (Å²) in [4.78, 5) is 31.1. The highest BCUT2D eigenvalue weighted by Crippen LogP contribution is 2.38. The number of hydrogen-bond acceptors (Lipinski definition) is 4. The minimum absolute atomic E-state index is 0.154. The van der Waals surface area contributed by atoms with Crippen molar-refractivity contribution < 1.29 is 9.59 Å². The number of benzene rings is 5. The van der Waals surface area contributed by atoms with Crippen molar-refractivity contribution >= 4 is 50.9 Å². The second-order valence-corrected chi connectivity index (χ2v) is 10.8. The van der Waals surface area contributed by atoms with Gasteiger partial charge in [0.2, 0.25) is 0 Å². The van der Waals surface area contributed by atoms with Crippen LogP contribution in [0.3, 0.4) is 0 Å². The zero-order chi connectivity index (χ0) is 29.2. The van der Waals surface area contributed by atoms with Crippen LogP contribution in [0.5, 0.6) is 0 Å². The van der Waals surface area contributed by atoms with Gasteiger partial charge in [0.1, 0.15) is 0 Å². The molecule has 0 radical (unpaired) electrons. The Labute approximate surface area is 245 Å². The largest absolute Gasteiger partial charge is 0.354 e. The molecule has 1 aliphatic rings. The van der Waals surface area contributed by atoms with Gasteiger partial charge in [0.05, 0.1) is 17.0 Å².